The van der Waals surface area contributed by atoms with E-state index in [9.17, 15) is 0 Å². The Balaban J connectivity index is 1.93. The van der Waals surface area contributed by atoms with Gasteiger partial charge in [-0.2, -0.15) is 0 Å². The van der Waals surface area contributed by atoms with Crippen LogP contribution in [0, 0.1) is 0 Å². The summed E-state index contributed by atoms with van der Waals surface area (Å²) in [6.07, 6.45) is 0. The molecule has 0 aliphatic rings. The Hall–Kier alpha value is -3.14. The number of rotatable bonds is 7. The molecule has 0 aliphatic carbocycles. The van der Waals surface area contributed by atoms with Crippen LogP contribution in [-0.4, -0.2) is 21.3 Å². The van der Waals surface area contributed by atoms with Crippen molar-refractivity contribution in [3.8, 4) is 17.2 Å². The lowest BCUT2D eigenvalue weighted by molar-refractivity contribution is 0.414. The first-order valence-electron chi connectivity index (χ1n) is 8.42. The third kappa shape index (κ3) is 4.09. The van der Waals surface area contributed by atoms with E-state index in [1.807, 2.05) is 36.4 Å². The van der Waals surface area contributed by atoms with Crippen LogP contribution in [0.4, 0.5) is 11.4 Å². The molecule has 134 valence electrons. The lowest BCUT2D eigenvalue weighted by atomic mass is 10.1. The topological polar surface area (TPSA) is 30.9 Å². The van der Waals surface area contributed by atoms with Crippen molar-refractivity contribution in [1.82, 2.24) is 0 Å². The van der Waals surface area contributed by atoms with Crippen molar-refractivity contribution in [1.29, 1.82) is 0 Å². The second kappa shape index (κ2) is 8.30. The van der Waals surface area contributed by atoms with E-state index >= 15 is 0 Å². The van der Waals surface area contributed by atoms with E-state index in [1.165, 1.54) is 5.56 Å². The third-order valence-corrected chi connectivity index (χ3v) is 4.27. The van der Waals surface area contributed by atoms with Crippen LogP contribution in [0.1, 0.15) is 5.56 Å². The van der Waals surface area contributed by atoms with Crippen molar-refractivity contribution in [2.24, 2.45) is 0 Å². The van der Waals surface area contributed by atoms with Crippen molar-refractivity contribution < 1.29 is 14.2 Å². The molecule has 0 radical (unpaired) electrons. The fourth-order valence-corrected chi connectivity index (χ4v) is 2.77. The van der Waals surface area contributed by atoms with E-state index in [0.717, 1.165) is 35.2 Å². The molecule has 0 aromatic heterocycles. The molecular weight excluding hydrogens is 326 g/mol. The summed E-state index contributed by atoms with van der Waals surface area (Å²) in [4.78, 5) is 2.25. The van der Waals surface area contributed by atoms with Crippen molar-refractivity contribution >= 4 is 11.4 Å². The van der Waals surface area contributed by atoms with Crippen LogP contribution in [0.2, 0.25) is 0 Å². The van der Waals surface area contributed by atoms with Gasteiger partial charge < -0.3 is 19.1 Å². The Morgan fingerprint density at radius 1 is 0.538 bits per heavy atom. The predicted molar refractivity (Wildman–Crippen MR) is 105 cm³/mol. The van der Waals surface area contributed by atoms with Crippen LogP contribution in [0.3, 0.4) is 0 Å². The molecule has 0 saturated carbocycles. The van der Waals surface area contributed by atoms with Gasteiger partial charge >= 0.3 is 0 Å². The number of benzene rings is 3. The fraction of sp³-hybridized carbons (Fsp3) is 0.182. The molecule has 0 atom stereocenters. The number of ether oxygens (including phenoxy) is 3. The summed E-state index contributed by atoms with van der Waals surface area (Å²) >= 11 is 0. The van der Waals surface area contributed by atoms with Crippen molar-refractivity contribution in [3.05, 3.63) is 78.4 Å². The molecule has 0 aliphatic heterocycles. The SMILES string of the molecule is COc1ccc(CN(c2ccc(OC)cc2)c2ccc(OC)cc2)cc1. The van der Waals surface area contributed by atoms with Gasteiger partial charge in [-0.1, -0.05) is 12.1 Å². The normalized spacial score (nSPS) is 10.3. The van der Waals surface area contributed by atoms with E-state index in [2.05, 4.69) is 41.3 Å². The van der Waals surface area contributed by atoms with E-state index in [0.29, 0.717) is 0 Å². The summed E-state index contributed by atoms with van der Waals surface area (Å²) in [7, 11) is 5.03. The summed E-state index contributed by atoms with van der Waals surface area (Å²) in [5.41, 5.74) is 3.37. The molecule has 0 spiro atoms. The highest BCUT2D eigenvalue weighted by molar-refractivity contribution is 5.64. The lowest BCUT2D eigenvalue weighted by Gasteiger charge is -2.26. The maximum atomic E-state index is 5.28. The molecule has 4 nitrogen and oxygen atoms in total. The van der Waals surface area contributed by atoms with E-state index in [1.54, 1.807) is 21.3 Å². The smallest absolute Gasteiger partial charge is 0.119 e. The minimum absolute atomic E-state index is 0.739. The summed E-state index contributed by atoms with van der Waals surface area (Å²) in [5, 5.41) is 0. The Kier molecular flexibility index (Phi) is 5.64. The molecule has 0 amide bonds. The highest BCUT2D eigenvalue weighted by atomic mass is 16.5. The average molecular weight is 349 g/mol. The molecule has 0 saturated heterocycles. The first-order chi connectivity index (χ1) is 12.7. The standard InChI is InChI=1S/C22H23NO3/c1-24-20-10-4-17(5-11-20)16-23(18-6-12-21(25-2)13-7-18)19-8-14-22(26-3)15-9-19/h4-15H,16H2,1-3H3. The molecule has 0 unspecified atom stereocenters. The minimum atomic E-state index is 0.739. The maximum Gasteiger partial charge on any atom is 0.119 e. The van der Waals surface area contributed by atoms with Crippen molar-refractivity contribution in [2.45, 2.75) is 6.54 Å². The molecular formula is C22H23NO3. The average Bonchev–Trinajstić information content (AvgIpc) is 2.73. The number of hydrogen-bond donors (Lipinski definition) is 0. The lowest BCUT2D eigenvalue weighted by Crippen LogP contribution is -2.16. The molecule has 3 aromatic carbocycles. The third-order valence-electron chi connectivity index (χ3n) is 4.27. The largest absolute Gasteiger partial charge is 0.497 e. The highest BCUT2D eigenvalue weighted by Crippen LogP contribution is 2.30. The Bertz CT molecular complexity index is 764. The zero-order chi connectivity index (χ0) is 18.4. The number of methoxy groups -OCH3 is 3. The van der Waals surface area contributed by atoms with Gasteiger partial charge in [0.05, 0.1) is 21.3 Å². The maximum absolute atomic E-state index is 5.28. The van der Waals surface area contributed by atoms with Crippen molar-refractivity contribution in [2.75, 3.05) is 26.2 Å². The zero-order valence-corrected chi connectivity index (χ0v) is 15.3. The van der Waals surface area contributed by atoms with Gasteiger partial charge in [-0.05, 0) is 66.2 Å². The Morgan fingerprint density at radius 3 is 1.23 bits per heavy atom. The van der Waals surface area contributed by atoms with Gasteiger partial charge in [0.2, 0.25) is 0 Å². The Morgan fingerprint density at radius 2 is 0.885 bits per heavy atom. The predicted octanol–water partition coefficient (Wildman–Crippen LogP) is 5.05. The van der Waals surface area contributed by atoms with Gasteiger partial charge in [-0.25, -0.2) is 0 Å². The van der Waals surface area contributed by atoms with Crippen LogP contribution < -0.4 is 19.1 Å². The first kappa shape index (κ1) is 17.7. The molecule has 4 heteroatoms. The van der Waals surface area contributed by atoms with Gasteiger partial charge in [0, 0.05) is 17.9 Å². The molecule has 0 N–H and O–H groups in total. The molecule has 0 bridgehead atoms. The van der Waals surface area contributed by atoms with Crippen LogP contribution in [0.15, 0.2) is 72.8 Å². The number of anilines is 2. The summed E-state index contributed by atoms with van der Waals surface area (Å²) in [6.45, 7) is 0.739. The van der Waals surface area contributed by atoms with Gasteiger partial charge in [0.25, 0.3) is 0 Å². The van der Waals surface area contributed by atoms with Gasteiger partial charge in [0.15, 0.2) is 0 Å². The monoisotopic (exact) mass is 349 g/mol. The Labute approximate surface area is 154 Å². The van der Waals surface area contributed by atoms with Crippen LogP contribution in [0.25, 0.3) is 0 Å². The molecule has 0 fully saturated rings. The van der Waals surface area contributed by atoms with Gasteiger partial charge in [-0.15, -0.1) is 0 Å². The fourth-order valence-electron chi connectivity index (χ4n) is 2.77. The molecule has 26 heavy (non-hydrogen) atoms. The van der Waals surface area contributed by atoms with E-state index < -0.39 is 0 Å². The van der Waals surface area contributed by atoms with Crippen molar-refractivity contribution in [3.63, 3.8) is 0 Å². The van der Waals surface area contributed by atoms with Crippen LogP contribution in [-0.2, 0) is 6.54 Å². The second-order valence-corrected chi connectivity index (χ2v) is 5.83. The highest BCUT2D eigenvalue weighted by Gasteiger charge is 2.11. The first-order valence-corrected chi connectivity index (χ1v) is 8.42. The second-order valence-electron chi connectivity index (χ2n) is 5.83. The minimum Gasteiger partial charge on any atom is -0.497 e. The number of nitrogens with zero attached hydrogens (tertiary/aromatic N) is 1. The number of hydrogen-bond acceptors (Lipinski definition) is 4. The summed E-state index contributed by atoms with van der Waals surface area (Å²) < 4.78 is 15.8. The van der Waals surface area contributed by atoms with Gasteiger partial charge in [0.1, 0.15) is 17.2 Å². The zero-order valence-electron chi connectivity index (χ0n) is 15.3. The van der Waals surface area contributed by atoms with Gasteiger partial charge in [-0.3, -0.25) is 0 Å². The van der Waals surface area contributed by atoms with Crippen LogP contribution >= 0.6 is 0 Å². The molecule has 3 aromatic rings. The van der Waals surface area contributed by atoms with E-state index in [-0.39, 0.29) is 0 Å². The summed E-state index contributed by atoms with van der Waals surface area (Å²) in [5.74, 6) is 2.54. The summed E-state index contributed by atoms with van der Waals surface area (Å²) in [6, 6.07) is 24.3. The quantitative estimate of drug-likeness (QED) is 0.597. The molecule has 3 rings (SSSR count). The molecule has 0 heterocycles. The van der Waals surface area contributed by atoms with E-state index in [4.69, 9.17) is 14.2 Å². The van der Waals surface area contributed by atoms with Crippen LogP contribution in [0.5, 0.6) is 17.2 Å².